The van der Waals surface area contributed by atoms with Gasteiger partial charge in [-0.05, 0) is 0 Å². The third-order valence-electron chi connectivity index (χ3n) is 0.876. The Morgan fingerprint density at radius 1 is 1.89 bits per heavy atom. The molecule has 0 amide bonds. The van der Waals surface area contributed by atoms with Crippen molar-refractivity contribution in [2.45, 2.75) is 0 Å². The first-order valence-electron chi connectivity index (χ1n) is 2.36. The average Bonchev–Trinajstić information content (AvgIpc) is 2.34. The number of nitrogens with zero attached hydrogens (tertiary/aromatic N) is 3. The molecular weight excluding hydrogens is 118 g/mol. The summed E-state index contributed by atoms with van der Waals surface area (Å²) >= 11 is 0. The van der Waals surface area contributed by atoms with Crippen LogP contribution < -0.4 is 4.74 Å². The molecule has 4 nitrogen and oxygen atoms in total. The molecule has 46 valence electrons. The minimum Gasteiger partial charge on any atom is -0.480 e. The van der Waals surface area contributed by atoms with E-state index in [-0.39, 0.29) is 0 Å². The third kappa shape index (κ3) is 0.995. The van der Waals surface area contributed by atoms with Crippen molar-refractivity contribution in [1.29, 1.82) is 5.26 Å². The van der Waals surface area contributed by atoms with Crippen LogP contribution in [0.3, 0.4) is 0 Å². The summed E-state index contributed by atoms with van der Waals surface area (Å²) in [5.74, 6) is 0.455. The molecular formula is C5H5N3O. The summed E-state index contributed by atoms with van der Waals surface area (Å²) in [6, 6.07) is 1.61. The SMILES string of the molecule is COc1ccn(C#N)n1. The quantitative estimate of drug-likeness (QED) is 0.536. The number of aromatic nitrogens is 2. The Kier molecular flexibility index (Phi) is 1.36. The molecule has 9 heavy (non-hydrogen) atoms. The number of rotatable bonds is 1. The molecule has 0 aliphatic rings. The second kappa shape index (κ2) is 2.18. The molecule has 0 aliphatic heterocycles. The van der Waals surface area contributed by atoms with Crippen LogP contribution in [-0.2, 0) is 0 Å². The van der Waals surface area contributed by atoms with Crippen LogP contribution in [0.5, 0.6) is 5.88 Å². The maximum atomic E-state index is 8.24. The lowest BCUT2D eigenvalue weighted by molar-refractivity contribution is 0.394. The standard InChI is InChI=1S/C5H5N3O/c1-9-5-2-3-8(4-6)7-5/h2-3H,1H3. The van der Waals surface area contributed by atoms with E-state index in [4.69, 9.17) is 10.00 Å². The monoisotopic (exact) mass is 123 g/mol. The predicted molar refractivity (Wildman–Crippen MR) is 29.8 cm³/mol. The topological polar surface area (TPSA) is 50.8 Å². The zero-order chi connectivity index (χ0) is 6.69. The lowest BCUT2D eigenvalue weighted by Gasteiger charge is -1.86. The summed E-state index contributed by atoms with van der Waals surface area (Å²) in [5, 5.41) is 11.9. The van der Waals surface area contributed by atoms with Gasteiger partial charge in [0.2, 0.25) is 12.1 Å². The molecule has 1 aromatic rings. The van der Waals surface area contributed by atoms with Crippen LogP contribution >= 0.6 is 0 Å². The highest BCUT2D eigenvalue weighted by Gasteiger charge is 1.92. The lowest BCUT2D eigenvalue weighted by Crippen LogP contribution is -1.88. The van der Waals surface area contributed by atoms with Crippen molar-refractivity contribution in [1.82, 2.24) is 9.78 Å². The fourth-order valence-electron chi connectivity index (χ4n) is 0.472. The maximum Gasteiger partial charge on any atom is 0.233 e. The molecule has 0 bridgehead atoms. The van der Waals surface area contributed by atoms with E-state index in [2.05, 4.69) is 5.10 Å². The summed E-state index contributed by atoms with van der Waals surface area (Å²) in [6.45, 7) is 0. The highest BCUT2D eigenvalue weighted by atomic mass is 16.5. The minimum absolute atomic E-state index is 0.455. The molecule has 0 atom stereocenters. The van der Waals surface area contributed by atoms with Gasteiger partial charge in [-0.25, -0.2) is 0 Å². The van der Waals surface area contributed by atoms with Crippen molar-refractivity contribution in [3.05, 3.63) is 12.3 Å². The molecule has 0 fully saturated rings. The fourth-order valence-corrected chi connectivity index (χ4v) is 0.472. The number of nitriles is 1. The van der Waals surface area contributed by atoms with Crippen molar-refractivity contribution < 1.29 is 4.74 Å². The summed E-state index contributed by atoms with van der Waals surface area (Å²) in [5.41, 5.74) is 0. The fraction of sp³-hybridized carbons (Fsp3) is 0.200. The van der Waals surface area contributed by atoms with Gasteiger partial charge in [-0.15, -0.1) is 5.10 Å². The van der Waals surface area contributed by atoms with Gasteiger partial charge in [-0.2, -0.15) is 9.94 Å². The van der Waals surface area contributed by atoms with E-state index in [0.29, 0.717) is 5.88 Å². The van der Waals surface area contributed by atoms with Gasteiger partial charge >= 0.3 is 0 Å². The van der Waals surface area contributed by atoms with E-state index in [1.165, 1.54) is 13.3 Å². The second-order valence-corrected chi connectivity index (χ2v) is 1.40. The Labute approximate surface area is 52.3 Å². The van der Waals surface area contributed by atoms with Crippen molar-refractivity contribution in [2.24, 2.45) is 0 Å². The van der Waals surface area contributed by atoms with Crippen molar-refractivity contribution in [2.75, 3.05) is 7.11 Å². The van der Waals surface area contributed by atoms with Gasteiger partial charge in [0.15, 0.2) is 0 Å². The molecule has 0 unspecified atom stereocenters. The zero-order valence-corrected chi connectivity index (χ0v) is 4.90. The molecule has 0 saturated carbocycles. The lowest BCUT2D eigenvalue weighted by atomic mass is 10.7. The van der Waals surface area contributed by atoms with Gasteiger partial charge in [0.05, 0.1) is 7.11 Å². The number of methoxy groups -OCH3 is 1. The highest BCUT2D eigenvalue weighted by Crippen LogP contribution is 2.01. The van der Waals surface area contributed by atoms with E-state index < -0.39 is 0 Å². The second-order valence-electron chi connectivity index (χ2n) is 1.40. The van der Waals surface area contributed by atoms with Crippen molar-refractivity contribution in [3.8, 4) is 12.1 Å². The first-order chi connectivity index (χ1) is 4.36. The molecule has 0 aromatic carbocycles. The maximum absolute atomic E-state index is 8.24. The molecule has 1 heterocycles. The van der Waals surface area contributed by atoms with E-state index in [9.17, 15) is 0 Å². The Hall–Kier alpha value is -1.50. The van der Waals surface area contributed by atoms with Crippen molar-refractivity contribution in [3.63, 3.8) is 0 Å². The van der Waals surface area contributed by atoms with Gasteiger partial charge < -0.3 is 4.74 Å². The average molecular weight is 123 g/mol. The van der Waals surface area contributed by atoms with Crippen LogP contribution in [0.4, 0.5) is 0 Å². The molecule has 0 saturated heterocycles. The molecule has 0 spiro atoms. The van der Waals surface area contributed by atoms with E-state index in [0.717, 1.165) is 4.68 Å². The normalized spacial score (nSPS) is 8.44. The molecule has 1 aromatic heterocycles. The molecule has 4 heteroatoms. The van der Waals surface area contributed by atoms with Crippen molar-refractivity contribution >= 4 is 0 Å². The summed E-state index contributed by atoms with van der Waals surface area (Å²) in [6.07, 6.45) is 3.33. The van der Waals surface area contributed by atoms with E-state index in [1.807, 2.05) is 6.19 Å². The Bertz CT molecular complexity index is 235. The van der Waals surface area contributed by atoms with E-state index >= 15 is 0 Å². The van der Waals surface area contributed by atoms with Crippen LogP contribution in [0.2, 0.25) is 0 Å². The Morgan fingerprint density at radius 2 is 2.67 bits per heavy atom. The van der Waals surface area contributed by atoms with Gasteiger partial charge in [-0.1, -0.05) is 0 Å². The summed E-state index contributed by atoms with van der Waals surface area (Å²) in [7, 11) is 1.50. The molecule has 0 N–H and O–H groups in total. The zero-order valence-electron chi connectivity index (χ0n) is 4.90. The minimum atomic E-state index is 0.455. The summed E-state index contributed by atoms with van der Waals surface area (Å²) < 4.78 is 5.84. The van der Waals surface area contributed by atoms with Gasteiger partial charge in [-0.3, -0.25) is 0 Å². The van der Waals surface area contributed by atoms with Crippen LogP contribution in [0.25, 0.3) is 0 Å². The number of ether oxygens (including phenoxy) is 1. The highest BCUT2D eigenvalue weighted by molar-refractivity contribution is 5.07. The largest absolute Gasteiger partial charge is 0.480 e. The van der Waals surface area contributed by atoms with Gasteiger partial charge in [0, 0.05) is 12.3 Å². The molecule has 1 rings (SSSR count). The Balaban J connectivity index is 2.90. The molecule has 0 radical (unpaired) electrons. The Morgan fingerprint density at radius 3 is 3.00 bits per heavy atom. The first-order valence-corrected chi connectivity index (χ1v) is 2.36. The third-order valence-corrected chi connectivity index (χ3v) is 0.876. The number of hydrogen-bond acceptors (Lipinski definition) is 3. The van der Waals surface area contributed by atoms with E-state index in [1.54, 1.807) is 6.07 Å². The first kappa shape index (κ1) is 5.63. The van der Waals surface area contributed by atoms with Gasteiger partial charge in [0.1, 0.15) is 0 Å². The summed E-state index contributed by atoms with van der Waals surface area (Å²) in [4.78, 5) is 0. The van der Waals surface area contributed by atoms with Crippen LogP contribution in [0.1, 0.15) is 0 Å². The van der Waals surface area contributed by atoms with Crippen LogP contribution in [-0.4, -0.2) is 16.9 Å². The predicted octanol–water partition coefficient (Wildman–Crippen LogP) is 0.221. The smallest absolute Gasteiger partial charge is 0.233 e. The number of hydrogen-bond donors (Lipinski definition) is 0. The van der Waals surface area contributed by atoms with Crippen LogP contribution in [0, 0.1) is 11.5 Å². The van der Waals surface area contributed by atoms with Crippen LogP contribution in [0.15, 0.2) is 12.3 Å². The molecule has 0 aliphatic carbocycles. The van der Waals surface area contributed by atoms with Gasteiger partial charge in [0.25, 0.3) is 0 Å².